The predicted molar refractivity (Wildman–Crippen MR) is 159 cm³/mol. The molecule has 0 spiro atoms. The van der Waals surface area contributed by atoms with E-state index in [1.54, 1.807) is 50.3 Å². The van der Waals surface area contributed by atoms with Crippen LogP contribution in [0.2, 0.25) is 0 Å². The number of nitrogens with zero attached hydrogens (tertiary/aromatic N) is 3. The Morgan fingerprint density at radius 3 is 2.67 bits per heavy atom. The third kappa shape index (κ3) is 5.37. The largest absolute Gasteiger partial charge is 0.489 e. The van der Waals surface area contributed by atoms with Crippen LogP contribution in [-0.4, -0.2) is 33.7 Å². The van der Waals surface area contributed by atoms with Gasteiger partial charge in [-0.2, -0.15) is 0 Å². The normalized spacial score (nSPS) is 15.6. The Bertz CT molecular complexity index is 1960. The molecule has 2 aliphatic heterocycles. The number of hydrogen-bond acceptors (Lipinski definition) is 9. The van der Waals surface area contributed by atoms with Gasteiger partial charge in [0.15, 0.2) is 0 Å². The molecule has 1 unspecified atom stereocenters. The lowest BCUT2D eigenvalue weighted by Gasteiger charge is -2.25. The van der Waals surface area contributed by atoms with E-state index in [-0.39, 0.29) is 29.8 Å². The Balaban J connectivity index is 1.35. The molecule has 0 saturated carbocycles. The van der Waals surface area contributed by atoms with Crippen molar-refractivity contribution in [3.05, 3.63) is 126 Å². The molecule has 0 bridgehead atoms. The Morgan fingerprint density at radius 1 is 1.12 bits per heavy atom. The third-order valence-electron chi connectivity index (χ3n) is 7.25. The van der Waals surface area contributed by atoms with Crippen LogP contribution in [-0.2, 0) is 16.1 Å². The molecule has 3 N–H and O–H groups in total. The van der Waals surface area contributed by atoms with Crippen LogP contribution >= 0.6 is 0 Å². The summed E-state index contributed by atoms with van der Waals surface area (Å²) >= 11 is 0. The van der Waals surface area contributed by atoms with Gasteiger partial charge in [0.1, 0.15) is 17.7 Å². The minimum absolute atomic E-state index is 0.0128. The SMILES string of the molecule is CCOC(=O)C1=C(C)N=c2[nH]/c(=C\c3cccc(OCc4ccc([N+](=O)[O-])cc4)c3)c(=O)n2C1c1ccc2c(c1)NCN2. The van der Waals surface area contributed by atoms with Crippen molar-refractivity contribution in [2.45, 2.75) is 26.5 Å². The smallest absolute Gasteiger partial charge is 0.338 e. The maximum absolute atomic E-state index is 13.9. The minimum Gasteiger partial charge on any atom is -0.489 e. The highest BCUT2D eigenvalue weighted by Gasteiger charge is 2.33. The molecule has 2 aliphatic rings. The number of nitro benzene ring substituents is 1. The number of hydrogen-bond donors (Lipinski definition) is 3. The van der Waals surface area contributed by atoms with Crippen molar-refractivity contribution >= 4 is 29.1 Å². The van der Waals surface area contributed by atoms with E-state index in [1.165, 1.54) is 16.7 Å². The van der Waals surface area contributed by atoms with Crippen molar-refractivity contribution in [1.82, 2.24) is 9.55 Å². The Kier molecular flexibility index (Phi) is 7.24. The predicted octanol–water partition coefficient (Wildman–Crippen LogP) is 3.35. The van der Waals surface area contributed by atoms with E-state index in [1.807, 2.05) is 24.3 Å². The lowest BCUT2D eigenvalue weighted by molar-refractivity contribution is -0.384. The first-order chi connectivity index (χ1) is 20.8. The van der Waals surface area contributed by atoms with E-state index in [4.69, 9.17) is 9.47 Å². The van der Waals surface area contributed by atoms with Crippen LogP contribution in [0.4, 0.5) is 17.1 Å². The fraction of sp³-hybridized carbons (Fsp3) is 0.194. The molecule has 43 heavy (non-hydrogen) atoms. The van der Waals surface area contributed by atoms with E-state index >= 15 is 0 Å². The summed E-state index contributed by atoms with van der Waals surface area (Å²) in [5.41, 5.74) is 4.79. The van der Waals surface area contributed by atoms with Crippen molar-refractivity contribution in [2.75, 3.05) is 23.9 Å². The zero-order valence-corrected chi connectivity index (χ0v) is 23.4. The number of anilines is 2. The number of rotatable bonds is 8. The maximum Gasteiger partial charge on any atom is 0.338 e. The summed E-state index contributed by atoms with van der Waals surface area (Å²) in [7, 11) is 0. The molecule has 3 aromatic carbocycles. The lowest BCUT2D eigenvalue weighted by Crippen LogP contribution is -2.40. The number of imidazole rings is 1. The molecule has 3 heterocycles. The van der Waals surface area contributed by atoms with Crippen LogP contribution in [0.15, 0.2) is 87.8 Å². The van der Waals surface area contributed by atoms with Gasteiger partial charge in [-0.15, -0.1) is 0 Å². The molecule has 12 heteroatoms. The average Bonchev–Trinajstić information content (AvgIpc) is 3.59. The molecule has 218 valence electrons. The Labute approximate surface area is 245 Å². The number of H-pyrrole nitrogens is 1. The van der Waals surface area contributed by atoms with E-state index in [0.29, 0.717) is 34.9 Å². The van der Waals surface area contributed by atoms with Crippen LogP contribution in [0.5, 0.6) is 5.75 Å². The zero-order valence-electron chi connectivity index (χ0n) is 23.4. The van der Waals surface area contributed by atoms with E-state index in [2.05, 4.69) is 20.6 Å². The molecule has 12 nitrogen and oxygen atoms in total. The molecule has 0 radical (unpaired) electrons. The molecule has 0 aliphatic carbocycles. The van der Waals surface area contributed by atoms with E-state index in [0.717, 1.165) is 22.5 Å². The summed E-state index contributed by atoms with van der Waals surface area (Å²) in [5, 5.41) is 17.7. The van der Waals surface area contributed by atoms with Crippen molar-refractivity contribution in [3.8, 4) is 5.75 Å². The highest BCUT2D eigenvalue weighted by molar-refractivity contribution is 5.91. The summed E-state index contributed by atoms with van der Waals surface area (Å²) in [6.45, 7) is 4.46. The van der Waals surface area contributed by atoms with Gasteiger partial charge in [0, 0.05) is 12.1 Å². The monoisotopic (exact) mass is 580 g/mol. The first kappa shape index (κ1) is 27.5. The van der Waals surface area contributed by atoms with E-state index < -0.39 is 16.9 Å². The van der Waals surface area contributed by atoms with Gasteiger partial charge in [0.05, 0.1) is 46.9 Å². The van der Waals surface area contributed by atoms with Gasteiger partial charge >= 0.3 is 5.97 Å². The summed E-state index contributed by atoms with van der Waals surface area (Å²) < 4.78 is 12.8. The minimum atomic E-state index is -0.749. The molecular formula is C31H28N6O6. The van der Waals surface area contributed by atoms with E-state index in [9.17, 15) is 19.7 Å². The molecule has 0 amide bonds. The molecular weight excluding hydrogens is 552 g/mol. The van der Waals surface area contributed by atoms with Crippen LogP contribution in [0.1, 0.15) is 36.6 Å². The number of allylic oxidation sites excluding steroid dienone is 1. The first-order valence-electron chi connectivity index (χ1n) is 13.7. The van der Waals surface area contributed by atoms with Crippen molar-refractivity contribution in [1.29, 1.82) is 0 Å². The number of esters is 1. The van der Waals surface area contributed by atoms with Gasteiger partial charge in [-0.1, -0.05) is 18.2 Å². The topological polar surface area (TPSA) is 153 Å². The number of nitrogens with one attached hydrogen (secondary N) is 3. The van der Waals surface area contributed by atoms with Gasteiger partial charge in [-0.05, 0) is 73.0 Å². The number of ether oxygens (including phenoxy) is 2. The number of fused-ring (bicyclic) bond motifs is 2. The second kappa shape index (κ2) is 11.3. The quantitative estimate of drug-likeness (QED) is 0.163. The van der Waals surface area contributed by atoms with Crippen LogP contribution < -0.4 is 31.9 Å². The first-order valence-corrected chi connectivity index (χ1v) is 13.7. The average molecular weight is 581 g/mol. The number of benzene rings is 3. The Morgan fingerprint density at radius 2 is 1.91 bits per heavy atom. The fourth-order valence-electron chi connectivity index (χ4n) is 5.22. The summed E-state index contributed by atoms with van der Waals surface area (Å²) in [5.74, 6) is 0.0370. The number of carbonyl (C=O) groups is 1. The molecule has 1 aromatic heterocycles. The molecule has 6 rings (SSSR count). The summed E-state index contributed by atoms with van der Waals surface area (Å²) in [6, 6.07) is 18.4. The van der Waals surface area contributed by atoms with Gasteiger partial charge in [-0.25, -0.2) is 9.79 Å². The highest BCUT2D eigenvalue weighted by Crippen LogP contribution is 2.35. The summed E-state index contributed by atoms with van der Waals surface area (Å²) in [4.78, 5) is 45.2. The molecule has 4 aromatic rings. The third-order valence-corrected chi connectivity index (χ3v) is 7.25. The number of non-ortho nitro benzene ring substituents is 1. The second-order valence-electron chi connectivity index (χ2n) is 10.0. The van der Waals surface area contributed by atoms with Crippen LogP contribution in [0, 0.1) is 10.1 Å². The van der Waals surface area contributed by atoms with Crippen LogP contribution in [0.3, 0.4) is 0 Å². The number of aromatic amines is 1. The number of aromatic nitrogens is 2. The molecule has 0 saturated heterocycles. The van der Waals surface area contributed by atoms with Gasteiger partial charge in [-0.3, -0.25) is 19.5 Å². The van der Waals surface area contributed by atoms with Crippen molar-refractivity contribution in [2.24, 2.45) is 4.99 Å². The maximum atomic E-state index is 13.9. The summed E-state index contributed by atoms with van der Waals surface area (Å²) in [6.07, 6.45) is 1.70. The second-order valence-corrected chi connectivity index (χ2v) is 10.0. The number of carbonyl (C=O) groups excluding carboxylic acids is 1. The van der Waals surface area contributed by atoms with Crippen LogP contribution in [0.25, 0.3) is 6.08 Å². The van der Waals surface area contributed by atoms with Gasteiger partial charge in [0.2, 0.25) is 5.62 Å². The lowest BCUT2D eigenvalue weighted by atomic mass is 9.95. The van der Waals surface area contributed by atoms with Gasteiger partial charge < -0.3 is 25.1 Å². The van der Waals surface area contributed by atoms with Gasteiger partial charge in [0.25, 0.3) is 11.2 Å². The van der Waals surface area contributed by atoms with Crippen molar-refractivity contribution < 1.29 is 19.2 Å². The Hall–Kier alpha value is -5.65. The number of nitro groups is 1. The highest BCUT2D eigenvalue weighted by atomic mass is 16.6. The zero-order chi connectivity index (χ0) is 30.1. The fourth-order valence-corrected chi connectivity index (χ4v) is 5.22. The standard InChI is InChI=1S/C31H28N6O6/c1-3-42-30(39)27-18(2)34-31-35-26(29(38)36(31)28(27)21-9-12-24-25(15-21)33-17-32-24)14-20-5-4-6-23(13-20)43-16-19-7-10-22(11-8-19)37(40)41/h4-15,28,32-33H,3,16-17H2,1-2H3,(H,34,35)/b26-14-. The molecule has 1 atom stereocenters. The van der Waals surface area contributed by atoms with Crippen molar-refractivity contribution in [3.63, 3.8) is 0 Å². The molecule has 0 fully saturated rings.